The highest BCUT2D eigenvalue weighted by atomic mass is 35.5. The average Bonchev–Trinajstić information content (AvgIpc) is 2.71. The monoisotopic (exact) mass is 278 g/mol. The van der Waals surface area contributed by atoms with Crippen molar-refractivity contribution in [3.8, 4) is 11.4 Å². The van der Waals surface area contributed by atoms with Crippen molar-refractivity contribution in [1.29, 1.82) is 0 Å². The largest absolute Gasteiger partial charge is 0.397 e. The third-order valence-corrected chi connectivity index (χ3v) is 3.07. The summed E-state index contributed by atoms with van der Waals surface area (Å²) in [5, 5.41) is 5.43. The smallest absolute Gasteiger partial charge is 0.183 e. The molecule has 2 heterocycles. The van der Waals surface area contributed by atoms with Crippen molar-refractivity contribution >= 4 is 34.5 Å². The first kappa shape index (κ1) is 11.3. The van der Waals surface area contributed by atoms with Crippen LogP contribution in [-0.4, -0.2) is 14.6 Å². The highest BCUT2D eigenvalue weighted by molar-refractivity contribution is 6.36. The van der Waals surface area contributed by atoms with Crippen LogP contribution in [0.1, 0.15) is 0 Å². The lowest BCUT2D eigenvalue weighted by atomic mass is 10.2. The maximum Gasteiger partial charge on any atom is 0.183 e. The summed E-state index contributed by atoms with van der Waals surface area (Å²) in [4.78, 5) is 4.38. The molecular formula is C12H8Cl2N4. The summed E-state index contributed by atoms with van der Waals surface area (Å²) in [7, 11) is 0. The lowest BCUT2D eigenvalue weighted by Gasteiger charge is -1.98. The van der Waals surface area contributed by atoms with E-state index in [0.717, 1.165) is 5.56 Å². The van der Waals surface area contributed by atoms with E-state index in [0.29, 0.717) is 27.2 Å². The molecule has 2 N–H and O–H groups in total. The van der Waals surface area contributed by atoms with Crippen molar-refractivity contribution in [1.82, 2.24) is 14.6 Å². The highest BCUT2D eigenvalue weighted by Crippen LogP contribution is 2.28. The summed E-state index contributed by atoms with van der Waals surface area (Å²) in [6.45, 7) is 0. The fourth-order valence-electron chi connectivity index (χ4n) is 1.68. The maximum absolute atomic E-state index is 6.12. The van der Waals surface area contributed by atoms with Crippen LogP contribution >= 0.6 is 23.2 Å². The molecule has 0 atom stereocenters. The van der Waals surface area contributed by atoms with Crippen LogP contribution < -0.4 is 5.73 Å². The Morgan fingerprint density at radius 2 is 1.94 bits per heavy atom. The van der Waals surface area contributed by atoms with Gasteiger partial charge in [-0.2, -0.15) is 0 Å². The Kier molecular flexibility index (Phi) is 2.61. The number of halogens is 2. The maximum atomic E-state index is 6.12. The van der Waals surface area contributed by atoms with E-state index < -0.39 is 0 Å². The molecule has 4 nitrogen and oxygen atoms in total. The predicted molar refractivity (Wildman–Crippen MR) is 72.9 cm³/mol. The van der Waals surface area contributed by atoms with Gasteiger partial charge in [0.25, 0.3) is 0 Å². The molecule has 18 heavy (non-hydrogen) atoms. The zero-order chi connectivity index (χ0) is 12.7. The van der Waals surface area contributed by atoms with Gasteiger partial charge in [0, 0.05) is 10.6 Å². The Balaban J connectivity index is 2.19. The van der Waals surface area contributed by atoms with Crippen LogP contribution in [0.3, 0.4) is 0 Å². The van der Waals surface area contributed by atoms with Gasteiger partial charge in [0.2, 0.25) is 0 Å². The van der Waals surface area contributed by atoms with Gasteiger partial charge >= 0.3 is 0 Å². The van der Waals surface area contributed by atoms with Gasteiger partial charge < -0.3 is 5.73 Å². The summed E-state index contributed by atoms with van der Waals surface area (Å²) >= 11 is 12.0. The molecule has 0 saturated carbocycles. The van der Waals surface area contributed by atoms with E-state index in [1.54, 1.807) is 41.0 Å². The minimum Gasteiger partial charge on any atom is -0.397 e. The summed E-state index contributed by atoms with van der Waals surface area (Å²) in [5.74, 6) is 0.544. The van der Waals surface area contributed by atoms with Crippen molar-refractivity contribution in [2.45, 2.75) is 0 Å². The molecule has 0 aliphatic rings. The normalized spacial score (nSPS) is 11.0. The number of pyridine rings is 1. The minimum absolute atomic E-state index is 0.520. The molecule has 0 bridgehead atoms. The Hall–Kier alpha value is -1.78. The number of nitrogens with zero attached hydrogens (tertiary/aromatic N) is 3. The van der Waals surface area contributed by atoms with Crippen LogP contribution in [0.4, 0.5) is 5.69 Å². The summed E-state index contributed by atoms with van der Waals surface area (Å²) in [6, 6.07) is 8.79. The zero-order valence-corrected chi connectivity index (χ0v) is 10.7. The molecular weight excluding hydrogens is 271 g/mol. The number of nitrogens with two attached hydrogens (primary N) is 1. The van der Waals surface area contributed by atoms with E-state index in [4.69, 9.17) is 28.9 Å². The molecule has 1 aromatic carbocycles. The fourth-order valence-corrected chi connectivity index (χ4v) is 2.18. The van der Waals surface area contributed by atoms with E-state index in [9.17, 15) is 0 Å². The number of nitrogen functional groups attached to an aromatic ring is 1. The molecule has 90 valence electrons. The van der Waals surface area contributed by atoms with Gasteiger partial charge in [0.05, 0.1) is 16.9 Å². The summed E-state index contributed by atoms with van der Waals surface area (Å²) < 4.78 is 1.62. The van der Waals surface area contributed by atoms with E-state index in [1.165, 1.54) is 0 Å². The van der Waals surface area contributed by atoms with Crippen molar-refractivity contribution in [3.63, 3.8) is 0 Å². The Labute approximate surface area is 113 Å². The molecule has 0 saturated heterocycles. The molecule has 0 unspecified atom stereocenters. The van der Waals surface area contributed by atoms with Crippen LogP contribution in [0.25, 0.3) is 17.0 Å². The summed E-state index contributed by atoms with van der Waals surface area (Å²) in [5.41, 5.74) is 7.77. The van der Waals surface area contributed by atoms with E-state index >= 15 is 0 Å². The first-order valence-corrected chi connectivity index (χ1v) is 5.96. The number of anilines is 1. The van der Waals surface area contributed by atoms with Crippen molar-refractivity contribution < 1.29 is 0 Å². The van der Waals surface area contributed by atoms with Crippen LogP contribution in [-0.2, 0) is 0 Å². The van der Waals surface area contributed by atoms with Gasteiger partial charge in [0.1, 0.15) is 0 Å². The van der Waals surface area contributed by atoms with Crippen LogP contribution in [0, 0.1) is 0 Å². The van der Waals surface area contributed by atoms with Gasteiger partial charge in [-0.3, -0.25) is 0 Å². The third-order valence-electron chi connectivity index (χ3n) is 2.53. The van der Waals surface area contributed by atoms with Crippen LogP contribution in [0.2, 0.25) is 10.0 Å². The van der Waals surface area contributed by atoms with Crippen molar-refractivity contribution in [2.75, 3.05) is 5.73 Å². The van der Waals surface area contributed by atoms with E-state index in [-0.39, 0.29) is 0 Å². The fraction of sp³-hybridized carbons (Fsp3) is 0. The van der Waals surface area contributed by atoms with E-state index in [2.05, 4.69) is 10.1 Å². The standard InChI is InChI=1S/C12H8Cl2N4/c13-7-1-3-9(10(14)5-7)12-16-11-4-2-8(15)6-18(11)17-12/h1-6H,15H2. The number of aromatic nitrogens is 3. The second-order valence-electron chi connectivity index (χ2n) is 3.82. The number of benzene rings is 1. The number of hydrogen-bond acceptors (Lipinski definition) is 3. The zero-order valence-electron chi connectivity index (χ0n) is 9.14. The SMILES string of the molecule is Nc1ccc2nc(-c3ccc(Cl)cc3Cl)nn2c1. The molecule has 3 aromatic rings. The first-order chi connectivity index (χ1) is 8.63. The topological polar surface area (TPSA) is 56.2 Å². The molecule has 0 spiro atoms. The minimum atomic E-state index is 0.520. The lowest BCUT2D eigenvalue weighted by molar-refractivity contribution is 0.968. The van der Waals surface area contributed by atoms with E-state index in [1.807, 2.05) is 0 Å². The molecule has 0 fully saturated rings. The first-order valence-electron chi connectivity index (χ1n) is 5.21. The van der Waals surface area contributed by atoms with Gasteiger partial charge in [-0.1, -0.05) is 23.2 Å². The second kappa shape index (κ2) is 4.15. The third kappa shape index (κ3) is 1.89. The van der Waals surface area contributed by atoms with Gasteiger partial charge in [-0.25, -0.2) is 9.50 Å². The molecule has 2 aromatic heterocycles. The Morgan fingerprint density at radius 3 is 2.72 bits per heavy atom. The van der Waals surface area contributed by atoms with Gasteiger partial charge in [-0.05, 0) is 30.3 Å². The van der Waals surface area contributed by atoms with Crippen LogP contribution in [0.5, 0.6) is 0 Å². The lowest BCUT2D eigenvalue weighted by Crippen LogP contribution is -1.91. The molecule has 0 aliphatic heterocycles. The van der Waals surface area contributed by atoms with Crippen molar-refractivity contribution in [2.24, 2.45) is 0 Å². The van der Waals surface area contributed by atoms with Gasteiger partial charge in [-0.15, -0.1) is 5.10 Å². The quantitative estimate of drug-likeness (QED) is 0.743. The molecule has 3 rings (SSSR count). The molecule has 0 aliphatic carbocycles. The second-order valence-corrected chi connectivity index (χ2v) is 4.67. The number of rotatable bonds is 1. The number of hydrogen-bond donors (Lipinski definition) is 1. The van der Waals surface area contributed by atoms with Crippen LogP contribution in [0.15, 0.2) is 36.5 Å². The molecule has 0 radical (unpaired) electrons. The summed E-state index contributed by atoms with van der Waals surface area (Å²) in [6.07, 6.45) is 1.70. The average molecular weight is 279 g/mol. The Morgan fingerprint density at radius 1 is 1.11 bits per heavy atom. The predicted octanol–water partition coefficient (Wildman–Crippen LogP) is 3.29. The molecule has 0 amide bonds. The number of fused-ring (bicyclic) bond motifs is 1. The Bertz CT molecular complexity index is 736. The highest BCUT2D eigenvalue weighted by Gasteiger charge is 2.10. The molecule has 6 heteroatoms. The van der Waals surface area contributed by atoms with Crippen molar-refractivity contribution in [3.05, 3.63) is 46.6 Å². The van der Waals surface area contributed by atoms with Gasteiger partial charge in [0.15, 0.2) is 11.5 Å².